The zero-order valence-corrected chi connectivity index (χ0v) is 16.9. The van der Waals surface area contributed by atoms with E-state index in [-0.39, 0.29) is 18.5 Å². The van der Waals surface area contributed by atoms with Crippen molar-refractivity contribution >= 4 is 5.91 Å². The molecule has 7 heteroatoms. The van der Waals surface area contributed by atoms with Gasteiger partial charge in [-0.2, -0.15) is 0 Å². The normalized spacial score (nSPS) is 12.0. The first-order chi connectivity index (χ1) is 15.2. The molecular weight excluding hydrogens is 392 g/mol. The Bertz CT molecular complexity index is 1170. The Morgan fingerprint density at radius 2 is 1.68 bits per heavy atom. The number of rotatable bonds is 5. The number of carbonyl (C=O) groups is 1. The van der Waals surface area contributed by atoms with Crippen LogP contribution in [0.25, 0.3) is 17.1 Å². The van der Waals surface area contributed by atoms with Crippen LogP contribution < -0.4 is 9.47 Å². The fourth-order valence-corrected chi connectivity index (χ4v) is 3.48. The first-order valence-electron chi connectivity index (χ1n) is 9.91. The first-order valence-corrected chi connectivity index (χ1v) is 9.91. The third-order valence-electron chi connectivity index (χ3n) is 5.03. The van der Waals surface area contributed by atoms with Crippen LogP contribution in [0.15, 0.2) is 78.9 Å². The van der Waals surface area contributed by atoms with Crippen molar-refractivity contribution in [1.29, 1.82) is 0 Å². The maximum atomic E-state index is 13.1. The summed E-state index contributed by atoms with van der Waals surface area (Å²) in [7, 11) is 1.73. The molecule has 1 aromatic heterocycles. The van der Waals surface area contributed by atoms with E-state index in [1.807, 2.05) is 78.9 Å². The Kier molecular flexibility index (Phi) is 4.84. The molecule has 0 saturated carbocycles. The van der Waals surface area contributed by atoms with Crippen LogP contribution in [0, 0.1) is 0 Å². The molecule has 0 atom stereocenters. The lowest BCUT2D eigenvalue weighted by Crippen LogP contribution is -2.27. The molecule has 3 aromatic carbocycles. The van der Waals surface area contributed by atoms with E-state index < -0.39 is 0 Å². The first kappa shape index (κ1) is 18.9. The zero-order valence-electron chi connectivity index (χ0n) is 16.9. The van der Waals surface area contributed by atoms with Gasteiger partial charge in [-0.15, -0.1) is 5.10 Å². The summed E-state index contributed by atoms with van der Waals surface area (Å²) in [6.07, 6.45) is 0. The van der Waals surface area contributed by atoms with Crippen molar-refractivity contribution in [3.63, 3.8) is 0 Å². The third kappa shape index (κ3) is 3.73. The van der Waals surface area contributed by atoms with Gasteiger partial charge in [0.2, 0.25) is 12.6 Å². The number of para-hydroxylation sites is 1. The summed E-state index contributed by atoms with van der Waals surface area (Å²) in [4.78, 5) is 19.3. The van der Waals surface area contributed by atoms with E-state index in [2.05, 4.69) is 10.1 Å². The molecule has 0 spiro atoms. The van der Waals surface area contributed by atoms with Gasteiger partial charge in [0, 0.05) is 19.2 Å². The van der Waals surface area contributed by atoms with Crippen LogP contribution in [0.3, 0.4) is 0 Å². The molecule has 0 bridgehead atoms. The smallest absolute Gasteiger partial charge is 0.293 e. The van der Waals surface area contributed by atoms with Gasteiger partial charge >= 0.3 is 0 Å². The van der Waals surface area contributed by atoms with Crippen molar-refractivity contribution < 1.29 is 14.3 Å². The molecule has 0 aliphatic carbocycles. The number of ether oxygens (including phenoxy) is 2. The van der Waals surface area contributed by atoms with Crippen molar-refractivity contribution in [3.8, 4) is 28.6 Å². The summed E-state index contributed by atoms with van der Waals surface area (Å²) in [5, 5.41) is 4.55. The summed E-state index contributed by atoms with van der Waals surface area (Å²) >= 11 is 0. The minimum absolute atomic E-state index is 0.144. The summed E-state index contributed by atoms with van der Waals surface area (Å²) in [6.45, 7) is 0.618. The van der Waals surface area contributed by atoms with Gasteiger partial charge in [-0.05, 0) is 29.8 Å². The average molecular weight is 412 g/mol. The van der Waals surface area contributed by atoms with Crippen LogP contribution >= 0.6 is 0 Å². The number of nitrogens with zero attached hydrogens (tertiary/aromatic N) is 4. The molecule has 1 aliphatic heterocycles. The summed E-state index contributed by atoms with van der Waals surface area (Å²) in [6, 6.07) is 25.1. The van der Waals surface area contributed by atoms with E-state index in [1.54, 1.807) is 16.6 Å². The molecule has 0 saturated heterocycles. The molecule has 1 amide bonds. The Hall–Kier alpha value is -4.13. The molecule has 0 unspecified atom stereocenters. The van der Waals surface area contributed by atoms with E-state index >= 15 is 0 Å². The number of hydrogen-bond donors (Lipinski definition) is 0. The highest BCUT2D eigenvalue weighted by molar-refractivity contribution is 5.90. The second-order valence-electron chi connectivity index (χ2n) is 7.22. The lowest BCUT2D eigenvalue weighted by molar-refractivity contribution is 0.0773. The number of amides is 1. The largest absolute Gasteiger partial charge is 0.454 e. The minimum Gasteiger partial charge on any atom is -0.454 e. The summed E-state index contributed by atoms with van der Waals surface area (Å²) in [5.41, 5.74) is 2.66. The van der Waals surface area contributed by atoms with Gasteiger partial charge < -0.3 is 14.4 Å². The van der Waals surface area contributed by atoms with Crippen molar-refractivity contribution in [3.05, 3.63) is 90.3 Å². The van der Waals surface area contributed by atoms with E-state index in [4.69, 9.17) is 9.47 Å². The second-order valence-corrected chi connectivity index (χ2v) is 7.22. The molecule has 0 radical (unpaired) electrons. The average Bonchev–Trinajstić information content (AvgIpc) is 3.47. The van der Waals surface area contributed by atoms with Crippen molar-refractivity contribution in [2.75, 3.05) is 13.8 Å². The van der Waals surface area contributed by atoms with Gasteiger partial charge in [0.15, 0.2) is 17.3 Å². The predicted octanol–water partition coefficient (Wildman–Crippen LogP) is 3.94. The predicted molar refractivity (Wildman–Crippen MR) is 115 cm³/mol. The van der Waals surface area contributed by atoms with Gasteiger partial charge in [0.1, 0.15) is 0 Å². The van der Waals surface area contributed by atoms with Gasteiger partial charge in [0.05, 0.1) is 5.69 Å². The van der Waals surface area contributed by atoms with Crippen LogP contribution in [0.1, 0.15) is 16.2 Å². The van der Waals surface area contributed by atoms with Crippen LogP contribution in [0.4, 0.5) is 0 Å². The van der Waals surface area contributed by atoms with Gasteiger partial charge in [0.25, 0.3) is 5.91 Å². The fourth-order valence-electron chi connectivity index (χ4n) is 3.48. The fraction of sp³-hybridized carbons (Fsp3) is 0.125. The number of benzene rings is 3. The Morgan fingerprint density at radius 1 is 0.968 bits per heavy atom. The molecule has 1 aliphatic rings. The SMILES string of the molecule is CN(Cc1ccc2c(c1)OCO2)C(=O)c1nc(-c2ccccc2)n(-c2ccccc2)n1. The molecule has 0 N–H and O–H groups in total. The molecule has 7 nitrogen and oxygen atoms in total. The lowest BCUT2D eigenvalue weighted by atomic mass is 10.2. The summed E-state index contributed by atoms with van der Waals surface area (Å²) in [5.74, 6) is 1.91. The molecule has 4 aromatic rings. The van der Waals surface area contributed by atoms with Gasteiger partial charge in [-0.3, -0.25) is 4.79 Å². The Labute approximate surface area is 179 Å². The molecule has 2 heterocycles. The standard InChI is InChI=1S/C24H20N4O3/c1-27(15-17-12-13-20-21(14-17)31-16-30-20)24(29)22-25-23(18-8-4-2-5-9-18)28(26-22)19-10-6-3-7-11-19/h2-14H,15-16H2,1H3. The highest BCUT2D eigenvalue weighted by Gasteiger charge is 2.22. The topological polar surface area (TPSA) is 69.5 Å². The maximum Gasteiger partial charge on any atom is 0.293 e. The number of fused-ring (bicyclic) bond motifs is 1. The third-order valence-corrected chi connectivity index (χ3v) is 5.03. The molecule has 31 heavy (non-hydrogen) atoms. The van der Waals surface area contributed by atoms with E-state index in [0.717, 1.165) is 16.8 Å². The van der Waals surface area contributed by atoms with Gasteiger partial charge in [-0.25, -0.2) is 9.67 Å². The van der Waals surface area contributed by atoms with E-state index in [0.29, 0.717) is 23.9 Å². The lowest BCUT2D eigenvalue weighted by Gasteiger charge is -2.15. The maximum absolute atomic E-state index is 13.1. The van der Waals surface area contributed by atoms with Gasteiger partial charge in [-0.1, -0.05) is 54.6 Å². The Morgan fingerprint density at radius 3 is 2.45 bits per heavy atom. The van der Waals surface area contributed by atoms with E-state index in [1.165, 1.54) is 0 Å². The van der Waals surface area contributed by atoms with Crippen LogP contribution in [-0.4, -0.2) is 39.4 Å². The Balaban J connectivity index is 1.45. The molecular formula is C24H20N4O3. The number of hydrogen-bond acceptors (Lipinski definition) is 5. The zero-order chi connectivity index (χ0) is 21.2. The molecule has 0 fully saturated rings. The van der Waals surface area contributed by atoms with Crippen molar-refractivity contribution in [2.24, 2.45) is 0 Å². The monoisotopic (exact) mass is 412 g/mol. The van der Waals surface area contributed by atoms with Crippen LogP contribution in [-0.2, 0) is 6.54 Å². The molecule has 5 rings (SSSR count). The number of carbonyl (C=O) groups excluding carboxylic acids is 1. The number of aromatic nitrogens is 3. The highest BCUT2D eigenvalue weighted by atomic mass is 16.7. The van der Waals surface area contributed by atoms with Crippen LogP contribution in [0.5, 0.6) is 11.5 Å². The molecule has 154 valence electrons. The quantitative estimate of drug-likeness (QED) is 0.497. The van der Waals surface area contributed by atoms with Crippen molar-refractivity contribution in [1.82, 2.24) is 19.7 Å². The highest BCUT2D eigenvalue weighted by Crippen LogP contribution is 2.32. The minimum atomic E-state index is -0.260. The van der Waals surface area contributed by atoms with E-state index in [9.17, 15) is 4.79 Å². The van der Waals surface area contributed by atoms with Crippen molar-refractivity contribution in [2.45, 2.75) is 6.54 Å². The van der Waals surface area contributed by atoms with Crippen LogP contribution in [0.2, 0.25) is 0 Å². The second kappa shape index (κ2) is 7.95. The summed E-state index contributed by atoms with van der Waals surface area (Å²) < 4.78 is 12.5.